The van der Waals surface area contributed by atoms with E-state index in [1.54, 1.807) is 48.7 Å². The number of carbonyl (C=O) groups is 5. The number of imidazole rings is 1. The Bertz CT molecular complexity index is 1900. The summed E-state index contributed by atoms with van der Waals surface area (Å²) in [6.45, 7) is 0.193. The number of carbonyl (C=O) groups excluding carboxylic acids is 4. The van der Waals surface area contributed by atoms with Crippen molar-refractivity contribution in [3.63, 3.8) is 0 Å². The monoisotopic (exact) mass is 784 g/mol. The molecule has 16 nitrogen and oxygen atoms in total. The molecule has 0 spiro atoms. The quantitative estimate of drug-likeness (QED) is 0.0243. The van der Waals surface area contributed by atoms with Gasteiger partial charge in [0.05, 0.1) is 18.1 Å². The Morgan fingerprint density at radius 3 is 1.82 bits per heavy atom. The molecule has 12 N–H and O–H groups in total. The number of aromatic amines is 1. The van der Waals surface area contributed by atoms with E-state index < -0.39 is 59.8 Å². The fraction of sp³-hybridized carbons (Fsp3) is 0.308. The third-order valence-corrected chi connectivity index (χ3v) is 9.18. The van der Waals surface area contributed by atoms with Crippen LogP contribution in [0.15, 0.2) is 97.5 Å². The molecule has 0 aliphatic rings. The zero-order valence-electron chi connectivity index (χ0n) is 30.6. The van der Waals surface area contributed by atoms with E-state index in [4.69, 9.17) is 16.9 Å². The van der Waals surface area contributed by atoms with Crippen molar-refractivity contribution in [2.75, 3.05) is 12.3 Å². The van der Waals surface area contributed by atoms with Crippen molar-refractivity contribution >= 4 is 48.2 Å². The lowest BCUT2D eigenvalue weighted by Gasteiger charge is -2.26. The molecule has 0 saturated heterocycles. The van der Waals surface area contributed by atoms with E-state index in [2.05, 4.69) is 49.2 Å². The van der Waals surface area contributed by atoms with Crippen molar-refractivity contribution in [2.24, 2.45) is 11.5 Å². The standard InChI is InChI=1S/C39H48N10O6S/c40-29(22-56)34(50)47-32(20-28-21-43-23-45-28)37(53)48-31(18-24-8-3-1-4-9-24)36(52)46-30(12-7-17-44-39(41)42)35(51)49-33(38(54)55)19-25-13-15-27(16-14-25)26-10-5-2-6-11-26/h1-6,8-11,13-16,21,23,29-33,56H,7,12,17-20,22,40H2,(H,43,45)(H,46,52)(H,47,50)(H,48,53)(H,49,51)(H,54,55)(H4,41,42,44)/t29-,30-,31+,32-,33-/m0/s1. The number of carboxylic acid groups (broad SMARTS) is 1. The Hall–Kier alpha value is -6.20. The van der Waals surface area contributed by atoms with Gasteiger partial charge in [0.25, 0.3) is 0 Å². The van der Waals surface area contributed by atoms with Crippen molar-refractivity contribution in [2.45, 2.75) is 62.3 Å². The van der Waals surface area contributed by atoms with Gasteiger partial charge in [-0.1, -0.05) is 84.9 Å². The van der Waals surface area contributed by atoms with Crippen LogP contribution >= 0.6 is 12.6 Å². The summed E-state index contributed by atoms with van der Waals surface area (Å²) in [5.74, 6) is -4.36. The van der Waals surface area contributed by atoms with Crippen LogP contribution in [0.25, 0.3) is 11.1 Å². The zero-order valence-corrected chi connectivity index (χ0v) is 31.5. The van der Waals surface area contributed by atoms with Crippen LogP contribution in [-0.2, 0) is 43.2 Å². The van der Waals surface area contributed by atoms with E-state index in [1.165, 1.54) is 6.33 Å². The summed E-state index contributed by atoms with van der Waals surface area (Å²) in [5, 5.41) is 30.9. The SMILES string of the molecule is N=C(N)NCCC[C@H](NC(=O)[C@@H](Cc1ccccc1)NC(=O)[C@H](Cc1c[nH]cn1)NC(=O)[C@@H](N)CS)C(=O)N[C@@H](Cc1ccc(-c2ccccc2)cc1)C(=O)O. The maximum atomic E-state index is 14.1. The van der Waals surface area contributed by atoms with Crippen molar-refractivity contribution < 1.29 is 29.1 Å². The molecule has 0 aliphatic heterocycles. The van der Waals surface area contributed by atoms with E-state index in [0.717, 1.165) is 11.1 Å². The number of aliphatic carboxylic acids is 1. The molecule has 0 aliphatic carbocycles. The molecular weight excluding hydrogens is 737 g/mol. The summed E-state index contributed by atoms with van der Waals surface area (Å²) in [6, 6.07) is 19.9. The first-order valence-corrected chi connectivity index (χ1v) is 18.6. The van der Waals surface area contributed by atoms with E-state index >= 15 is 0 Å². The second-order valence-electron chi connectivity index (χ2n) is 13.1. The van der Waals surface area contributed by atoms with E-state index in [-0.39, 0.29) is 50.4 Å². The molecule has 1 heterocycles. The number of amides is 4. The van der Waals surface area contributed by atoms with Crippen LogP contribution in [0.4, 0.5) is 0 Å². The lowest BCUT2D eigenvalue weighted by atomic mass is 10.00. The Morgan fingerprint density at radius 1 is 0.714 bits per heavy atom. The summed E-state index contributed by atoms with van der Waals surface area (Å²) in [5.41, 5.74) is 15.0. The van der Waals surface area contributed by atoms with Crippen LogP contribution in [0.5, 0.6) is 0 Å². The van der Waals surface area contributed by atoms with Gasteiger partial charge in [-0.25, -0.2) is 9.78 Å². The number of H-pyrrole nitrogens is 1. The normalized spacial score (nSPS) is 13.5. The molecule has 4 rings (SSSR count). The molecule has 0 radical (unpaired) electrons. The van der Waals surface area contributed by atoms with Crippen LogP contribution in [0.1, 0.15) is 29.7 Å². The highest BCUT2D eigenvalue weighted by atomic mass is 32.1. The number of hydrogen-bond donors (Lipinski definition) is 11. The molecule has 17 heteroatoms. The van der Waals surface area contributed by atoms with Crippen molar-refractivity contribution in [1.82, 2.24) is 36.6 Å². The first kappa shape index (κ1) is 42.5. The highest BCUT2D eigenvalue weighted by Crippen LogP contribution is 2.20. The maximum Gasteiger partial charge on any atom is 0.326 e. The van der Waals surface area contributed by atoms with Gasteiger partial charge in [-0.05, 0) is 35.1 Å². The molecule has 56 heavy (non-hydrogen) atoms. The van der Waals surface area contributed by atoms with Gasteiger partial charge >= 0.3 is 5.97 Å². The minimum atomic E-state index is -1.34. The third kappa shape index (κ3) is 13.6. The molecular formula is C39H48N10O6S. The van der Waals surface area contributed by atoms with E-state index in [0.29, 0.717) is 16.8 Å². The molecule has 5 atom stereocenters. The van der Waals surface area contributed by atoms with Gasteiger partial charge in [0.15, 0.2) is 5.96 Å². The molecule has 4 aromatic rings. The van der Waals surface area contributed by atoms with Crippen molar-refractivity contribution in [3.8, 4) is 11.1 Å². The van der Waals surface area contributed by atoms with Crippen LogP contribution in [0.3, 0.4) is 0 Å². The van der Waals surface area contributed by atoms with Crippen LogP contribution in [0.2, 0.25) is 0 Å². The fourth-order valence-electron chi connectivity index (χ4n) is 5.76. The summed E-state index contributed by atoms with van der Waals surface area (Å²) in [7, 11) is 0. The number of nitrogens with two attached hydrogens (primary N) is 2. The minimum absolute atomic E-state index is 0.00853. The highest BCUT2D eigenvalue weighted by Gasteiger charge is 2.32. The largest absolute Gasteiger partial charge is 0.480 e. The van der Waals surface area contributed by atoms with Gasteiger partial charge in [-0.15, -0.1) is 0 Å². The Labute approximate surface area is 329 Å². The third-order valence-electron chi connectivity index (χ3n) is 8.78. The molecule has 0 unspecified atom stereocenters. The Morgan fingerprint density at radius 2 is 1.23 bits per heavy atom. The second-order valence-corrected chi connectivity index (χ2v) is 13.4. The van der Waals surface area contributed by atoms with Gasteiger partial charge in [0.2, 0.25) is 23.6 Å². The molecule has 1 aromatic heterocycles. The molecule has 3 aromatic carbocycles. The number of nitrogens with zero attached hydrogens (tertiary/aromatic N) is 1. The zero-order chi connectivity index (χ0) is 40.5. The predicted molar refractivity (Wildman–Crippen MR) is 214 cm³/mol. The number of thiol groups is 1. The molecule has 0 saturated carbocycles. The average molecular weight is 785 g/mol. The van der Waals surface area contributed by atoms with E-state index in [9.17, 15) is 29.1 Å². The topological polar surface area (TPSA) is 270 Å². The summed E-state index contributed by atoms with van der Waals surface area (Å²) in [4.78, 5) is 73.8. The number of hydrogen-bond acceptors (Lipinski definition) is 9. The smallest absolute Gasteiger partial charge is 0.326 e. The summed E-state index contributed by atoms with van der Waals surface area (Å²) in [6.07, 6.45) is 3.22. The van der Waals surface area contributed by atoms with Gasteiger partial charge in [0, 0.05) is 37.8 Å². The molecule has 4 amide bonds. The summed E-state index contributed by atoms with van der Waals surface area (Å²) < 4.78 is 0. The number of rotatable bonds is 21. The molecule has 0 fully saturated rings. The fourth-order valence-corrected chi connectivity index (χ4v) is 5.92. The van der Waals surface area contributed by atoms with Crippen molar-refractivity contribution in [1.29, 1.82) is 5.41 Å². The second kappa shape index (κ2) is 21.6. The number of nitrogens with one attached hydrogen (secondary N) is 7. The van der Waals surface area contributed by atoms with Gasteiger partial charge < -0.3 is 48.1 Å². The Kier molecular flexibility index (Phi) is 16.4. The van der Waals surface area contributed by atoms with Crippen LogP contribution in [0, 0.1) is 5.41 Å². The molecule has 0 bridgehead atoms. The first-order valence-electron chi connectivity index (χ1n) is 18.0. The molecule has 296 valence electrons. The van der Waals surface area contributed by atoms with Gasteiger partial charge in [0.1, 0.15) is 24.2 Å². The van der Waals surface area contributed by atoms with Crippen LogP contribution < -0.4 is 38.1 Å². The Balaban J connectivity index is 1.54. The number of benzene rings is 3. The van der Waals surface area contributed by atoms with Gasteiger partial charge in [-0.2, -0.15) is 12.6 Å². The predicted octanol–water partition coefficient (Wildman–Crippen LogP) is 0.649. The number of aromatic nitrogens is 2. The highest BCUT2D eigenvalue weighted by molar-refractivity contribution is 7.80. The average Bonchev–Trinajstić information content (AvgIpc) is 3.72. The number of guanidine groups is 1. The lowest BCUT2D eigenvalue weighted by Crippen LogP contribution is -2.59. The van der Waals surface area contributed by atoms with Crippen LogP contribution in [-0.4, -0.2) is 93.1 Å². The summed E-state index contributed by atoms with van der Waals surface area (Å²) >= 11 is 4.07. The number of carboxylic acids is 1. The minimum Gasteiger partial charge on any atom is -0.480 e. The van der Waals surface area contributed by atoms with Gasteiger partial charge in [-0.3, -0.25) is 24.6 Å². The van der Waals surface area contributed by atoms with E-state index in [1.807, 2.05) is 42.5 Å². The first-order chi connectivity index (χ1) is 26.9. The van der Waals surface area contributed by atoms with Crippen molar-refractivity contribution in [3.05, 3.63) is 114 Å². The lowest BCUT2D eigenvalue weighted by molar-refractivity contribution is -0.142. The maximum absolute atomic E-state index is 14.1.